The third-order valence-corrected chi connectivity index (χ3v) is 2.31. The van der Waals surface area contributed by atoms with Crippen LogP contribution >= 0.6 is 0 Å². The van der Waals surface area contributed by atoms with Gasteiger partial charge in [0.2, 0.25) is 0 Å². The van der Waals surface area contributed by atoms with Crippen molar-refractivity contribution in [3.8, 4) is 5.75 Å². The third-order valence-electron chi connectivity index (χ3n) is 2.31. The third kappa shape index (κ3) is 5.42. The van der Waals surface area contributed by atoms with Crippen LogP contribution in [0.15, 0.2) is 29.4 Å². The van der Waals surface area contributed by atoms with Gasteiger partial charge < -0.3 is 15.3 Å². The highest BCUT2D eigenvalue weighted by molar-refractivity contribution is 5.98. The van der Waals surface area contributed by atoms with Crippen molar-refractivity contribution in [1.82, 2.24) is 5.32 Å². The van der Waals surface area contributed by atoms with Crippen LogP contribution < -0.4 is 10.1 Å². The molecule has 0 fully saturated rings. The molecule has 0 saturated carbocycles. The molecule has 5 heteroatoms. The Morgan fingerprint density at radius 1 is 1.32 bits per heavy atom. The lowest BCUT2D eigenvalue weighted by Crippen LogP contribution is -2.43. The molecule has 0 unspecified atom stereocenters. The van der Waals surface area contributed by atoms with E-state index < -0.39 is 0 Å². The van der Waals surface area contributed by atoms with Crippen molar-refractivity contribution in [2.45, 2.75) is 33.2 Å². The van der Waals surface area contributed by atoms with Crippen LogP contribution in [0.25, 0.3) is 0 Å². The summed E-state index contributed by atoms with van der Waals surface area (Å²) < 4.78 is 5.37. The summed E-state index contributed by atoms with van der Waals surface area (Å²) in [4.78, 5) is 11.6. The molecule has 0 bridgehead atoms. The summed E-state index contributed by atoms with van der Waals surface area (Å²) in [6, 6.07) is 7.00. The molecule has 0 spiro atoms. The van der Waals surface area contributed by atoms with Gasteiger partial charge in [-0.05, 0) is 57.5 Å². The Kier molecular flexibility index (Phi) is 4.92. The SMILES string of the molecule is C/C(=N\O)c1ccc(OCC(=O)NC(C)(C)C)cc1. The first-order chi connectivity index (χ1) is 8.81. The van der Waals surface area contributed by atoms with Gasteiger partial charge in [-0.3, -0.25) is 4.79 Å². The summed E-state index contributed by atoms with van der Waals surface area (Å²) in [6.45, 7) is 7.42. The largest absolute Gasteiger partial charge is 0.484 e. The fraction of sp³-hybridized carbons (Fsp3) is 0.429. The van der Waals surface area contributed by atoms with E-state index in [1.165, 1.54) is 0 Å². The molecule has 1 aromatic carbocycles. The Balaban J connectivity index is 2.53. The van der Waals surface area contributed by atoms with Crippen LogP contribution in [0.2, 0.25) is 0 Å². The van der Waals surface area contributed by atoms with E-state index >= 15 is 0 Å². The zero-order chi connectivity index (χ0) is 14.5. The molecule has 0 aliphatic rings. The van der Waals surface area contributed by atoms with Crippen molar-refractivity contribution >= 4 is 11.6 Å². The number of nitrogens with one attached hydrogen (secondary N) is 1. The van der Waals surface area contributed by atoms with E-state index in [0.29, 0.717) is 11.5 Å². The Hall–Kier alpha value is -2.04. The molecule has 1 amide bonds. The van der Waals surface area contributed by atoms with Crippen LogP contribution in [0.5, 0.6) is 5.75 Å². The lowest BCUT2D eigenvalue weighted by molar-refractivity contribution is -0.124. The first-order valence-electron chi connectivity index (χ1n) is 6.05. The van der Waals surface area contributed by atoms with E-state index in [1.54, 1.807) is 31.2 Å². The van der Waals surface area contributed by atoms with Crippen LogP contribution in [-0.4, -0.2) is 29.0 Å². The lowest BCUT2D eigenvalue weighted by atomic mass is 10.1. The summed E-state index contributed by atoms with van der Waals surface area (Å²) in [5, 5.41) is 14.6. The molecular formula is C14H20N2O3. The van der Waals surface area contributed by atoms with Crippen molar-refractivity contribution in [3.05, 3.63) is 29.8 Å². The number of oxime groups is 1. The maximum atomic E-state index is 11.6. The highest BCUT2D eigenvalue weighted by atomic mass is 16.5. The fourth-order valence-corrected chi connectivity index (χ4v) is 1.45. The monoisotopic (exact) mass is 264 g/mol. The Morgan fingerprint density at radius 3 is 2.37 bits per heavy atom. The molecule has 19 heavy (non-hydrogen) atoms. The van der Waals surface area contributed by atoms with Crippen LogP contribution in [-0.2, 0) is 4.79 Å². The van der Waals surface area contributed by atoms with E-state index in [-0.39, 0.29) is 18.1 Å². The minimum absolute atomic E-state index is 0.0241. The number of hydrogen-bond acceptors (Lipinski definition) is 4. The van der Waals surface area contributed by atoms with Crippen molar-refractivity contribution in [3.63, 3.8) is 0 Å². The summed E-state index contributed by atoms with van der Waals surface area (Å²) >= 11 is 0. The summed E-state index contributed by atoms with van der Waals surface area (Å²) in [7, 11) is 0. The average molecular weight is 264 g/mol. The maximum Gasteiger partial charge on any atom is 0.258 e. The topological polar surface area (TPSA) is 70.9 Å². The number of ether oxygens (including phenoxy) is 1. The molecule has 104 valence electrons. The maximum absolute atomic E-state index is 11.6. The van der Waals surface area contributed by atoms with E-state index in [9.17, 15) is 4.79 Å². The predicted molar refractivity (Wildman–Crippen MR) is 73.8 cm³/mol. The van der Waals surface area contributed by atoms with Crippen LogP contribution in [0.4, 0.5) is 0 Å². The fourth-order valence-electron chi connectivity index (χ4n) is 1.45. The number of carbonyl (C=O) groups is 1. The van der Waals surface area contributed by atoms with E-state index in [1.807, 2.05) is 20.8 Å². The van der Waals surface area contributed by atoms with E-state index in [2.05, 4.69) is 10.5 Å². The van der Waals surface area contributed by atoms with Gasteiger partial charge in [-0.15, -0.1) is 0 Å². The minimum Gasteiger partial charge on any atom is -0.484 e. The van der Waals surface area contributed by atoms with E-state index in [0.717, 1.165) is 5.56 Å². The Bertz CT molecular complexity index is 459. The summed E-state index contributed by atoms with van der Waals surface area (Å²) in [5.74, 6) is 0.434. The van der Waals surface area contributed by atoms with Crippen LogP contribution in [0.1, 0.15) is 33.3 Å². The average Bonchev–Trinajstić information content (AvgIpc) is 2.34. The normalized spacial score (nSPS) is 12.1. The molecule has 0 saturated heterocycles. The van der Waals surface area contributed by atoms with E-state index in [4.69, 9.17) is 9.94 Å². The number of amides is 1. The summed E-state index contributed by atoms with van der Waals surface area (Å²) in [6.07, 6.45) is 0. The van der Waals surface area contributed by atoms with Crippen molar-refractivity contribution < 1.29 is 14.7 Å². The molecule has 0 aliphatic carbocycles. The minimum atomic E-state index is -0.265. The lowest BCUT2D eigenvalue weighted by Gasteiger charge is -2.20. The molecular weight excluding hydrogens is 244 g/mol. The molecule has 0 aliphatic heterocycles. The van der Waals surface area contributed by atoms with Gasteiger partial charge >= 0.3 is 0 Å². The quantitative estimate of drug-likeness (QED) is 0.497. The van der Waals surface area contributed by atoms with Crippen molar-refractivity contribution in [1.29, 1.82) is 0 Å². The van der Waals surface area contributed by atoms with Crippen LogP contribution in [0, 0.1) is 0 Å². The molecule has 0 aromatic heterocycles. The first-order valence-corrected chi connectivity index (χ1v) is 6.05. The van der Waals surface area contributed by atoms with Gasteiger partial charge in [-0.2, -0.15) is 0 Å². The highest BCUT2D eigenvalue weighted by Gasteiger charge is 2.13. The van der Waals surface area contributed by atoms with Crippen molar-refractivity contribution in [2.24, 2.45) is 5.16 Å². The smallest absolute Gasteiger partial charge is 0.258 e. The van der Waals surface area contributed by atoms with Gasteiger partial charge in [-0.25, -0.2) is 0 Å². The van der Waals surface area contributed by atoms with Crippen LogP contribution in [0.3, 0.4) is 0 Å². The number of carbonyl (C=O) groups excluding carboxylic acids is 1. The standard InChI is InChI=1S/C14H20N2O3/c1-10(16-18)11-5-7-12(8-6-11)19-9-13(17)15-14(2,3)4/h5-8,18H,9H2,1-4H3,(H,15,17)/b16-10+. The second-order valence-electron chi connectivity index (χ2n) is 5.30. The highest BCUT2D eigenvalue weighted by Crippen LogP contribution is 2.12. The molecule has 0 atom stereocenters. The molecule has 0 radical (unpaired) electrons. The Labute approximate surface area is 113 Å². The number of benzene rings is 1. The second kappa shape index (κ2) is 6.22. The number of rotatable bonds is 4. The van der Waals surface area contributed by atoms with Crippen molar-refractivity contribution in [2.75, 3.05) is 6.61 Å². The van der Waals surface area contributed by atoms with Gasteiger partial charge in [0, 0.05) is 5.54 Å². The molecule has 1 rings (SSSR count). The van der Waals surface area contributed by atoms with Gasteiger partial charge in [0.05, 0.1) is 5.71 Å². The van der Waals surface area contributed by atoms with Gasteiger partial charge in [0.1, 0.15) is 5.75 Å². The summed E-state index contributed by atoms with van der Waals surface area (Å²) in [5.41, 5.74) is 1.06. The molecule has 2 N–H and O–H groups in total. The first kappa shape index (κ1) is 15.0. The second-order valence-corrected chi connectivity index (χ2v) is 5.30. The molecule has 1 aromatic rings. The van der Waals surface area contributed by atoms with Gasteiger partial charge in [0.15, 0.2) is 6.61 Å². The number of nitrogens with zero attached hydrogens (tertiary/aromatic N) is 1. The van der Waals surface area contributed by atoms with Gasteiger partial charge in [0.25, 0.3) is 5.91 Å². The molecule has 5 nitrogen and oxygen atoms in total. The Morgan fingerprint density at radius 2 is 1.89 bits per heavy atom. The number of hydrogen-bond donors (Lipinski definition) is 2. The predicted octanol–water partition coefficient (Wildman–Crippen LogP) is 2.18. The zero-order valence-corrected chi connectivity index (χ0v) is 11.7. The zero-order valence-electron chi connectivity index (χ0n) is 11.7. The van der Waals surface area contributed by atoms with Gasteiger partial charge in [-0.1, -0.05) is 5.16 Å². The molecule has 0 heterocycles.